The van der Waals surface area contributed by atoms with Crippen molar-refractivity contribution in [2.45, 2.75) is 17.5 Å². The van der Waals surface area contributed by atoms with E-state index in [0.29, 0.717) is 27.3 Å². The minimum Gasteiger partial charge on any atom is -0.497 e. The number of thioether (sulfide) groups is 1. The number of aromatic nitrogens is 3. The molecule has 4 aromatic rings. The van der Waals surface area contributed by atoms with Crippen LogP contribution in [0.3, 0.4) is 0 Å². The summed E-state index contributed by atoms with van der Waals surface area (Å²) in [6.45, 7) is 0.203. The Morgan fingerprint density at radius 2 is 1.72 bits per heavy atom. The maximum atomic E-state index is 12.6. The molecular formula is C24H21ClN4O2S. The Hall–Kier alpha value is -3.29. The van der Waals surface area contributed by atoms with Crippen LogP contribution in [0.4, 0.5) is 0 Å². The SMILES string of the molecule is COc1ccc(C(=O)NCc2nnc(SCc3ccccc3)n2-c2ccccc2Cl)cc1. The molecule has 0 radical (unpaired) electrons. The number of carbonyl (C=O) groups excluding carboxylic acids is 1. The smallest absolute Gasteiger partial charge is 0.251 e. The van der Waals surface area contributed by atoms with Crippen molar-refractivity contribution in [1.29, 1.82) is 0 Å². The Balaban J connectivity index is 1.56. The molecule has 0 atom stereocenters. The van der Waals surface area contributed by atoms with Gasteiger partial charge in [-0.1, -0.05) is 65.8 Å². The standard InChI is InChI=1S/C24H21ClN4O2S/c1-31-19-13-11-18(12-14-19)23(30)26-15-22-27-28-24(32-16-17-7-3-2-4-8-17)29(22)21-10-6-5-9-20(21)25/h2-14H,15-16H2,1H3,(H,26,30). The number of nitrogens with one attached hydrogen (secondary N) is 1. The highest BCUT2D eigenvalue weighted by atomic mass is 35.5. The number of hydrogen-bond acceptors (Lipinski definition) is 5. The van der Waals surface area contributed by atoms with E-state index in [1.165, 1.54) is 5.56 Å². The van der Waals surface area contributed by atoms with Crippen molar-refractivity contribution in [2.75, 3.05) is 7.11 Å². The van der Waals surface area contributed by atoms with Gasteiger partial charge in [0.15, 0.2) is 11.0 Å². The first-order chi connectivity index (χ1) is 15.7. The molecule has 32 heavy (non-hydrogen) atoms. The molecule has 1 heterocycles. The van der Waals surface area contributed by atoms with Gasteiger partial charge in [0.25, 0.3) is 5.91 Å². The Labute approximate surface area is 195 Å². The third-order valence-corrected chi connectivity index (χ3v) is 6.08. The van der Waals surface area contributed by atoms with Gasteiger partial charge in [0, 0.05) is 11.3 Å². The zero-order valence-corrected chi connectivity index (χ0v) is 18.9. The lowest BCUT2D eigenvalue weighted by Crippen LogP contribution is -2.24. The van der Waals surface area contributed by atoms with E-state index < -0.39 is 0 Å². The lowest BCUT2D eigenvalue weighted by molar-refractivity contribution is 0.0949. The van der Waals surface area contributed by atoms with Crippen LogP contribution in [-0.2, 0) is 12.3 Å². The molecule has 8 heteroatoms. The van der Waals surface area contributed by atoms with E-state index in [0.717, 1.165) is 11.4 Å². The van der Waals surface area contributed by atoms with E-state index in [1.54, 1.807) is 43.1 Å². The molecule has 3 aromatic carbocycles. The molecule has 0 spiro atoms. The summed E-state index contributed by atoms with van der Waals surface area (Å²) in [5, 5.41) is 12.9. The lowest BCUT2D eigenvalue weighted by Gasteiger charge is -2.12. The predicted molar refractivity (Wildman–Crippen MR) is 127 cm³/mol. The normalized spacial score (nSPS) is 10.7. The second-order valence-electron chi connectivity index (χ2n) is 6.87. The number of halogens is 1. The number of methoxy groups -OCH3 is 1. The zero-order valence-electron chi connectivity index (χ0n) is 17.4. The second kappa shape index (κ2) is 10.3. The van der Waals surface area contributed by atoms with Gasteiger partial charge in [-0.05, 0) is 42.0 Å². The van der Waals surface area contributed by atoms with Gasteiger partial charge in [-0.2, -0.15) is 0 Å². The van der Waals surface area contributed by atoms with Crippen molar-refractivity contribution in [2.24, 2.45) is 0 Å². The molecule has 0 fully saturated rings. The summed E-state index contributed by atoms with van der Waals surface area (Å²) in [5.74, 6) is 1.82. The maximum absolute atomic E-state index is 12.6. The minimum atomic E-state index is -0.208. The van der Waals surface area contributed by atoms with Crippen molar-refractivity contribution in [3.63, 3.8) is 0 Å². The maximum Gasteiger partial charge on any atom is 0.251 e. The average molecular weight is 465 g/mol. The third kappa shape index (κ3) is 5.12. The summed E-state index contributed by atoms with van der Waals surface area (Å²) >= 11 is 8.04. The Kier molecular flexibility index (Phi) is 7.09. The Bertz CT molecular complexity index is 1200. The average Bonchev–Trinajstić information content (AvgIpc) is 3.24. The van der Waals surface area contributed by atoms with E-state index in [-0.39, 0.29) is 12.5 Å². The van der Waals surface area contributed by atoms with Crippen LogP contribution >= 0.6 is 23.4 Å². The molecule has 162 valence electrons. The van der Waals surface area contributed by atoms with Crippen molar-refractivity contribution in [3.8, 4) is 11.4 Å². The molecule has 0 aliphatic carbocycles. The van der Waals surface area contributed by atoms with E-state index >= 15 is 0 Å². The summed E-state index contributed by atoms with van der Waals surface area (Å²) in [6.07, 6.45) is 0. The van der Waals surface area contributed by atoms with Crippen molar-refractivity contribution in [3.05, 3.63) is 101 Å². The van der Waals surface area contributed by atoms with E-state index in [4.69, 9.17) is 16.3 Å². The summed E-state index contributed by atoms with van der Waals surface area (Å²) in [5.41, 5.74) is 2.48. The van der Waals surface area contributed by atoms with Crippen molar-refractivity contribution < 1.29 is 9.53 Å². The van der Waals surface area contributed by atoms with Crippen LogP contribution in [0.25, 0.3) is 5.69 Å². The summed E-state index contributed by atoms with van der Waals surface area (Å²) < 4.78 is 7.04. The molecule has 0 aliphatic heterocycles. The van der Waals surface area contributed by atoms with Crippen LogP contribution in [0, 0.1) is 0 Å². The number of nitrogens with zero attached hydrogens (tertiary/aromatic N) is 3. The number of ether oxygens (including phenoxy) is 1. The molecule has 4 rings (SSSR count). The topological polar surface area (TPSA) is 69.0 Å². The van der Waals surface area contributed by atoms with Crippen LogP contribution in [0.1, 0.15) is 21.7 Å². The molecule has 1 amide bonds. The Morgan fingerprint density at radius 3 is 2.44 bits per heavy atom. The van der Waals surface area contributed by atoms with Crippen molar-refractivity contribution >= 4 is 29.3 Å². The number of hydrogen-bond donors (Lipinski definition) is 1. The number of amides is 1. The Morgan fingerprint density at radius 1 is 1.00 bits per heavy atom. The van der Waals surface area contributed by atoms with Gasteiger partial charge in [-0.15, -0.1) is 10.2 Å². The van der Waals surface area contributed by atoms with Gasteiger partial charge in [-0.3, -0.25) is 9.36 Å². The number of benzene rings is 3. The molecule has 0 saturated heterocycles. The second-order valence-corrected chi connectivity index (χ2v) is 8.22. The van der Waals surface area contributed by atoms with Crippen LogP contribution in [0.15, 0.2) is 84.0 Å². The number of rotatable bonds is 8. The number of para-hydroxylation sites is 1. The minimum absolute atomic E-state index is 0.203. The first-order valence-corrected chi connectivity index (χ1v) is 11.3. The van der Waals surface area contributed by atoms with Gasteiger partial charge >= 0.3 is 0 Å². The van der Waals surface area contributed by atoms with E-state index in [9.17, 15) is 4.79 Å². The zero-order chi connectivity index (χ0) is 22.3. The lowest BCUT2D eigenvalue weighted by atomic mass is 10.2. The highest BCUT2D eigenvalue weighted by molar-refractivity contribution is 7.98. The quantitative estimate of drug-likeness (QED) is 0.365. The first-order valence-electron chi connectivity index (χ1n) is 9.94. The highest BCUT2D eigenvalue weighted by Crippen LogP contribution is 2.29. The molecule has 0 saturated carbocycles. The molecule has 0 bridgehead atoms. The molecule has 1 aromatic heterocycles. The van der Waals surface area contributed by atoms with Crippen LogP contribution in [-0.4, -0.2) is 27.8 Å². The summed E-state index contributed by atoms with van der Waals surface area (Å²) in [6, 6.07) is 24.6. The monoisotopic (exact) mass is 464 g/mol. The number of carbonyl (C=O) groups is 1. The van der Waals surface area contributed by atoms with Crippen LogP contribution in [0.5, 0.6) is 5.75 Å². The molecule has 0 unspecified atom stereocenters. The van der Waals surface area contributed by atoms with Gasteiger partial charge < -0.3 is 10.1 Å². The fourth-order valence-corrected chi connectivity index (χ4v) is 4.25. The molecular weight excluding hydrogens is 444 g/mol. The van der Waals surface area contributed by atoms with Crippen molar-refractivity contribution in [1.82, 2.24) is 20.1 Å². The van der Waals surface area contributed by atoms with Gasteiger partial charge in [-0.25, -0.2) is 0 Å². The van der Waals surface area contributed by atoms with E-state index in [1.807, 2.05) is 47.0 Å². The van der Waals surface area contributed by atoms with Crippen LogP contribution < -0.4 is 10.1 Å². The predicted octanol–water partition coefficient (Wildman–Crippen LogP) is 5.15. The van der Waals surface area contributed by atoms with E-state index in [2.05, 4.69) is 27.6 Å². The molecule has 6 nitrogen and oxygen atoms in total. The fraction of sp³-hybridized carbons (Fsp3) is 0.125. The van der Waals surface area contributed by atoms with Crippen LogP contribution in [0.2, 0.25) is 5.02 Å². The molecule has 1 N–H and O–H groups in total. The third-order valence-electron chi connectivity index (χ3n) is 4.76. The highest BCUT2D eigenvalue weighted by Gasteiger charge is 2.17. The summed E-state index contributed by atoms with van der Waals surface area (Å²) in [4.78, 5) is 12.6. The molecule has 0 aliphatic rings. The fourth-order valence-electron chi connectivity index (χ4n) is 3.11. The van der Waals surface area contributed by atoms with Gasteiger partial charge in [0.05, 0.1) is 24.4 Å². The van der Waals surface area contributed by atoms with Gasteiger partial charge in [0.2, 0.25) is 0 Å². The largest absolute Gasteiger partial charge is 0.497 e. The summed E-state index contributed by atoms with van der Waals surface area (Å²) in [7, 11) is 1.59. The first kappa shape index (κ1) is 21.9. The van der Waals surface area contributed by atoms with Gasteiger partial charge in [0.1, 0.15) is 5.75 Å².